The monoisotopic (exact) mass is 357 g/mol. The summed E-state index contributed by atoms with van der Waals surface area (Å²) in [6, 6.07) is 3.34. The summed E-state index contributed by atoms with van der Waals surface area (Å²) >= 11 is 0. The van der Waals surface area contributed by atoms with Gasteiger partial charge >= 0.3 is 0 Å². The molecule has 26 heavy (non-hydrogen) atoms. The van der Waals surface area contributed by atoms with E-state index in [-0.39, 0.29) is 0 Å². The minimum atomic E-state index is 0.487. The van der Waals surface area contributed by atoms with Crippen LogP contribution in [0.2, 0.25) is 0 Å². The lowest BCUT2D eigenvalue weighted by molar-refractivity contribution is 0.238. The molecule has 0 aromatic carbocycles. The molecular formula is C21H35N5. The number of hydrogen-bond donors (Lipinski definition) is 1. The van der Waals surface area contributed by atoms with Crippen LogP contribution < -0.4 is 10.2 Å². The first-order valence-corrected chi connectivity index (χ1v) is 10.8. The maximum atomic E-state index is 4.83. The van der Waals surface area contributed by atoms with E-state index in [0.29, 0.717) is 6.04 Å². The van der Waals surface area contributed by atoms with Crippen molar-refractivity contribution >= 4 is 11.8 Å². The molecule has 0 spiro atoms. The fourth-order valence-electron chi connectivity index (χ4n) is 5.03. The highest BCUT2D eigenvalue weighted by Gasteiger charge is 2.35. The van der Waals surface area contributed by atoms with Gasteiger partial charge < -0.3 is 10.2 Å². The van der Waals surface area contributed by atoms with E-state index in [1.165, 1.54) is 51.5 Å². The second-order valence-corrected chi connectivity index (χ2v) is 8.84. The number of rotatable bonds is 4. The summed E-state index contributed by atoms with van der Waals surface area (Å²) in [6.07, 6.45) is 11.1. The van der Waals surface area contributed by atoms with Crippen LogP contribution in [0.5, 0.6) is 0 Å². The average Bonchev–Trinajstić information content (AvgIpc) is 3.12. The van der Waals surface area contributed by atoms with E-state index in [4.69, 9.17) is 4.98 Å². The van der Waals surface area contributed by atoms with E-state index < -0.39 is 0 Å². The van der Waals surface area contributed by atoms with Crippen molar-refractivity contribution in [3.8, 4) is 0 Å². The summed E-state index contributed by atoms with van der Waals surface area (Å²) in [4.78, 5) is 14.5. The highest BCUT2D eigenvalue weighted by atomic mass is 15.3. The molecule has 3 atom stereocenters. The highest BCUT2D eigenvalue weighted by molar-refractivity contribution is 5.43. The fraction of sp³-hybridized carbons (Fsp3) is 0.810. The summed E-state index contributed by atoms with van der Waals surface area (Å²) in [5, 5.41) is 3.62. The molecule has 0 amide bonds. The lowest BCUT2D eigenvalue weighted by Gasteiger charge is -2.24. The maximum Gasteiger partial charge on any atom is 0.224 e. The predicted octanol–water partition coefficient (Wildman–Crippen LogP) is 3.78. The molecule has 3 fully saturated rings. The van der Waals surface area contributed by atoms with Crippen molar-refractivity contribution in [1.82, 2.24) is 14.9 Å². The zero-order chi connectivity index (χ0) is 17.9. The summed E-state index contributed by atoms with van der Waals surface area (Å²) in [6.45, 7) is 9.45. The van der Waals surface area contributed by atoms with E-state index in [0.717, 1.165) is 49.3 Å². The summed E-state index contributed by atoms with van der Waals surface area (Å²) < 4.78 is 0. The van der Waals surface area contributed by atoms with Gasteiger partial charge in [0.15, 0.2) is 0 Å². The van der Waals surface area contributed by atoms with Gasteiger partial charge in [0.05, 0.1) is 0 Å². The maximum absolute atomic E-state index is 4.83. The van der Waals surface area contributed by atoms with Gasteiger partial charge in [-0.3, -0.25) is 4.90 Å². The molecule has 3 unspecified atom stereocenters. The van der Waals surface area contributed by atoms with Crippen LogP contribution in [0.3, 0.4) is 0 Å². The molecule has 1 aromatic heterocycles. The second-order valence-electron chi connectivity index (χ2n) is 8.84. The van der Waals surface area contributed by atoms with Gasteiger partial charge in [0, 0.05) is 44.5 Å². The molecule has 4 rings (SSSR count). The van der Waals surface area contributed by atoms with Crippen LogP contribution in [-0.4, -0.2) is 53.1 Å². The third-order valence-electron chi connectivity index (χ3n) is 6.90. The van der Waals surface area contributed by atoms with Crippen molar-refractivity contribution in [3.63, 3.8) is 0 Å². The molecule has 2 saturated heterocycles. The number of anilines is 2. The van der Waals surface area contributed by atoms with Crippen LogP contribution in [-0.2, 0) is 0 Å². The third kappa shape index (κ3) is 4.13. The first-order valence-electron chi connectivity index (χ1n) is 10.8. The molecule has 1 aliphatic carbocycles. The number of likely N-dealkylation sites (tertiary alicyclic amines) is 1. The zero-order valence-corrected chi connectivity index (χ0v) is 16.5. The van der Waals surface area contributed by atoms with Crippen LogP contribution in [0.4, 0.5) is 11.8 Å². The summed E-state index contributed by atoms with van der Waals surface area (Å²) in [5.41, 5.74) is 0. The standard InChI is InChI=1S/C21H35N5/c1-16-13-19(14-17(16)2)26-12-8-18(15-26)23-21-22-9-7-20(24-21)25-10-5-3-4-6-11-25/h7,9,16-19H,3-6,8,10-15H2,1-2H3,(H,22,23,24). The van der Waals surface area contributed by atoms with Gasteiger partial charge in [0.1, 0.15) is 5.82 Å². The first-order chi connectivity index (χ1) is 12.7. The Morgan fingerprint density at radius 1 is 1.00 bits per heavy atom. The molecule has 1 aromatic rings. The normalized spacial score (nSPS) is 33.4. The molecule has 144 valence electrons. The minimum absolute atomic E-state index is 0.487. The Labute approximate surface area is 158 Å². The lowest BCUT2D eigenvalue weighted by Crippen LogP contribution is -2.34. The Bertz CT molecular complexity index is 574. The topological polar surface area (TPSA) is 44.3 Å². The molecule has 5 nitrogen and oxygen atoms in total. The molecular weight excluding hydrogens is 322 g/mol. The minimum Gasteiger partial charge on any atom is -0.356 e. The quantitative estimate of drug-likeness (QED) is 0.888. The first kappa shape index (κ1) is 18.0. The third-order valence-corrected chi connectivity index (χ3v) is 6.90. The molecule has 1 N–H and O–H groups in total. The van der Waals surface area contributed by atoms with E-state index in [1.54, 1.807) is 0 Å². The Morgan fingerprint density at radius 2 is 1.73 bits per heavy atom. The highest BCUT2D eigenvalue weighted by Crippen LogP contribution is 2.35. The smallest absolute Gasteiger partial charge is 0.224 e. The average molecular weight is 358 g/mol. The van der Waals surface area contributed by atoms with Gasteiger partial charge in [0.2, 0.25) is 5.95 Å². The number of aromatic nitrogens is 2. The Kier molecular flexibility index (Phi) is 5.63. The van der Waals surface area contributed by atoms with Gasteiger partial charge in [-0.2, -0.15) is 4.98 Å². The van der Waals surface area contributed by atoms with Gasteiger partial charge in [-0.05, 0) is 50.0 Å². The largest absolute Gasteiger partial charge is 0.356 e. The van der Waals surface area contributed by atoms with Gasteiger partial charge in [-0.15, -0.1) is 0 Å². The van der Waals surface area contributed by atoms with Crippen LogP contribution in [0.25, 0.3) is 0 Å². The van der Waals surface area contributed by atoms with Crippen LogP contribution >= 0.6 is 0 Å². The van der Waals surface area contributed by atoms with Gasteiger partial charge in [-0.1, -0.05) is 26.7 Å². The number of nitrogens with zero attached hydrogens (tertiary/aromatic N) is 4. The SMILES string of the molecule is CC1CC(N2CCC(Nc3nccc(N4CCCCCC4)n3)C2)CC1C. The molecule has 3 heterocycles. The molecule has 0 bridgehead atoms. The van der Waals surface area contributed by atoms with E-state index in [1.807, 2.05) is 6.20 Å². The number of nitrogens with one attached hydrogen (secondary N) is 1. The van der Waals surface area contributed by atoms with Crippen molar-refractivity contribution in [2.45, 2.75) is 70.9 Å². The molecule has 2 aliphatic heterocycles. The molecule has 1 saturated carbocycles. The van der Waals surface area contributed by atoms with Gasteiger partial charge in [-0.25, -0.2) is 4.98 Å². The van der Waals surface area contributed by atoms with E-state index in [9.17, 15) is 0 Å². The summed E-state index contributed by atoms with van der Waals surface area (Å²) in [7, 11) is 0. The van der Waals surface area contributed by atoms with Crippen LogP contribution in [0.15, 0.2) is 12.3 Å². The Morgan fingerprint density at radius 3 is 2.46 bits per heavy atom. The van der Waals surface area contributed by atoms with Crippen molar-refractivity contribution in [2.24, 2.45) is 11.8 Å². The fourth-order valence-corrected chi connectivity index (χ4v) is 5.03. The Balaban J connectivity index is 1.34. The lowest BCUT2D eigenvalue weighted by atomic mass is 10.0. The van der Waals surface area contributed by atoms with Crippen molar-refractivity contribution < 1.29 is 0 Å². The van der Waals surface area contributed by atoms with Crippen molar-refractivity contribution in [2.75, 3.05) is 36.4 Å². The van der Waals surface area contributed by atoms with E-state index in [2.05, 4.69) is 40.0 Å². The summed E-state index contributed by atoms with van der Waals surface area (Å²) in [5.74, 6) is 3.66. The molecule has 5 heteroatoms. The molecule has 0 radical (unpaired) electrons. The van der Waals surface area contributed by atoms with E-state index >= 15 is 0 Å². The number of hydrogen-bond acceptors (Lipinski definition) is 5. The molecule has 3 aliphatic rings. The Hall–Kier alpha value is -1.36. The van der Waals surface area contributed by atoms with Crippen LogP contribution in [0, 0.1) is 11.8 Å². The second kappa shape index (κ2) is 8.12. The zero-order valence-electron chi connectivity index (χ0n) is 16.5. The van der Waals surface area contributed by atoms with Crippen LogP contribution in [0.1, 0.15) is 58.8 Å². The van der Waals surface area contributed by atoms with Gasteiger partial charge in [0.25, 0.3) is 0 Å². The predicted molar refractivity (Wildman–Crippen MR) is 108 cm³/mol. The van der Waals surface area contributed by atoms with Crippen molar-refractivity contribution in [3.05, 3.63) is 12.3 Å². The van der Waals surface area contributed by atoms with Crippen molar-refractivity contribution in [1.29, 1.82) is 0 Å².